The van der Waals surface area contributed by atoms with Crippen LogP contribution in [0.3, 0.4) is 0 Å². The molecule has 1 saturated heterocycles. The first-order valence-electron chi connectivity index (χ1n) is 12.4. The lowest BCUT2D eigenvalue weighted by molar-refractivity contribution is 0.0964. The summed E-state index contributed by atoms with van der Waals surface area (Å²) in [6, 6.07) is 9.22. The summed E-state index contributed by atoms with van der Waals surface area (Å²) in [6.07, 6.45) is 4.92. The molecule has 0 bridgehead atoms. The monoisotopic (exact) mass is 532 g/mol. The van der Waals surface area contributed by atoms with Crippen molar-refractivity contribution in [3.05, 3.63) is 53.3 Å². The Hall–Kier alpha value is -2.89. The molecule has 8 nitrogen and oxygen atoms in total. The van der Waals surface area contributed by atoms with Crippen molar-refractivity contribution < 1.29 is 31.7 Å². The fourth-order valence-corrected chi connectivity index (χ4v) is 4.55. The smallest absolute Gasteiger partial charge is 0.454 e. The lowest BCUT2D eigenvalue weighted by Crippen LogP contribution is -2.25. The fraction of sp³-hybridized carbons (Fsp3) is 0.423. The van der Waals surface area contributed by atoms with Crippen molar-refractivity contribution in [2.24, 2.45) is 0 Å². The maximum absolute atomic E-state index is 13.4. The zero-order valence-corrected chi connectivity index (χ0v) is 22.7. The van der Waals surface area contributed by atoms with E-state index in [1.165, 1.54) is 30.5 Å². The molecule has 5 rings (SSSR count). The topological polar surface area (TPSA) is 109 Å². The van der Waals surface area contributed by atoms with Crippen LogP contribution in [0.25, 0.3) is 22.3 Å². The molecule has 1 amide bonds. The van der Waals surface area contributed by atoms with Crippen LogP contribution in [-0.4, -0.2) is 53.4 Å². The minimum atomic E-state index is -3.46. The highest BCUT2D eigenvalue weighted by molar-refractivity contribution is 7.92. The lowest BCUT2D eigenvalue weighted by atomic mass is 9.88. The highest BCUT2D eigenvalue weighted by Gasteiger charge is 2.32. The molecule has 2 heterocycles. The molecule has 2 aliphatic rings. The number of hydrogen-bond acceptors (Lipinski definition) is 6. The van der Waals surface area contributed by atoms with E-state index >= 15 is 0 Å². The van der Waals surface area contributed by atoms with E-state index in [2.05, 4.69) is 5.32 Å². The fourth-order valence-electron chi connectivity index (χ4n) is 4.04. The van der Waals surface area contributed by atoms with Gasteiger partial charge in [0.2, 0.25) is 10.0 Å². The van der Waals surface area contributed by atoms with Crippen LogP contribution >= 0.6 is 0 Å². The van der Waals surface area contributed by atoms with E-state index in [9.17, 15) is 17.6 Å². The number of fused-ring (bicyclic) bond motifs is 1. The number of furan rings is 1. The quantitative estimate of drug-likeness (QED) is 0.458. The molecule has 1 saturated carbocycles. The van der Waals surface area contributed by atoms with Gasteiger partial charge in [0.1, 0.15) is 17.2 Å². The van der Waals surface area contributed by atoms with Crippen molar-refractivity contribution in [1.82, 2.24) is 5.32 Å². The molecule has 2 N–H and O–H groups in total. The number of amides is 1. The summed E-state index contributed by atoms with van der Waals surface area (Å²) in [5.41, 5.74) is 2.74. The average Bonchev–Trinajstić information content (AvgIpc) is 3.50. The van der Waals surface area contributed by atoms with Crippen LogP contribution < -0.4 is 9.62 Å². The second-order valence-electron chi connectivity index (χ2n) is 8.77. The maximum Gasteiger partial charge on any atom is 0.454 e. The zero-order valence-electron chi connectivity index (χ0n) is 21.9. The van der Waals surface area contributed by atoms with Gasteiger partial charge in [-0.25, -0.2) is 12.8 Å². The molecular weight excluding hydrogens is 498 g/mol. The number of carbonyl (C=O) groups is 1. The highest BCUT2D eigenvalue weighted by Crippen LogP contribution is 2.47. The number of sulfonamides is 1. The zero-order chi connectivity index (χ0) is 27.3. The molecule has 2 fully saturated rings. The molecule has 0 unspecified atom stereocenters. The van der Waals surface area contributed by atoms with E-state index in [0.29, 0.717) is 33.5 Å². The van der Waals surface area contributed by atoms with Gasteiger partial charge in [-0.2, -0.15) is 0 Å². The molecule has 1 aliphatic heterocycles. The van der Waals surface area contributed by atoms with Crippen LogP contribution in [0, 0.1) is 5.82 Å². The van der Waals surface area contributed by atoms with Gasteiger partial charge in [-0.05, 0) is 67.4 Å². The molecule has 0 spiro atoms. The van der Waals surface area contributed by atoms with E-state index in [1.54, 1.807) is 18.2 Å². The first-order valence-corrected chi connectivity index (χ1v) is 14.3. The van der Waals surface area contributed by atoms with E-state index in [0.717, 1.165) is 44.0 Å². The molecule has 11 heteroatoms. The minimum absolute atomic E-state index is 0.250. The predicted molar refractivity (Wildman–Crippen MR) is 145 cm³/mol. The number of halogens is 1. The molecular formula is C26H34BFN2O6S. The van der Waals surface area contributed by atoms with Crippen LogP contribution in [0.2, 0.25) is 6.32 Å². The summed E-state index contributed by atoms with van der Waals surface area (Å²) in [6.45, 7) is 4.74. The van der Waals surface area contributed by atoms with Gasteiger partial charge >= 0.3 is 7.12 Å². The summed E-state index contributed by atoms with van der Waals surface area (Å²) in [7, 11) is -0.880. The molecule has 1 aromatic heterocycles. The van der Waals surface area contributed by atoms with Crippen LogP contribution in [0.4, 0.5) is 10.1 Å². The van der Waals surface area contributed by atoms with Gasteiger partial charge in [-0.1, -0.05) is 13.8 Å². The third kappa shape index (κ3) is 6.71. The predicted octanol–water partition coefficient (Wildman–Crippen LogP) is 4.79. The van der Waals surface area contributed by atoms with Crippen molar-refractivity contribution in [3.63, 3.8) is 0 Å². The van der Waals surface area contributed by atoms with Crippen LogP contribution in [0.1, 0.15) is 54.9 Å². The SMILES string of the molecule is CC.CNC(=O)c1c(-c2ccc(F)cc2)oc2cc(N(C)S(C)(=O)=O)c(C3CC3)cc12.OB1CCCO1. The molecule has 0 radical (unpaired) electrons. The normalized spacial score (nSPS) is 14.9. The summed E-state index contributed by atoms with van der Waals surface area (Å²) >= 11 is 0. The Morgan fingerprint density at radius 3 is 2.30 bits per heavy atom. The van der Waals surface area contributed by atoms with E-state index in [1.807, 2.05) is 19.9 Å². The summed E-state index contributed by atoms with van der Waals surface area (Å²) in [4.78, 5) is 12.7. The summed E-state index contributed by atoms with van der Waals surface area (Å²) < 4.78 is 49.6. The molecule has 0 atom stereocenters. The molecule has 37 heavy (non-hydrogen) atoms. The van der Waals surface area contributed by atoms with Crippen molar-refractivity contribution in [2.45, 2.75) is 45.3 Å². The summed E-state index contributed by atoms with van der Waals surface area (Å²) in [5.74, 6) is -0.144. The number of nitrogens with one attached hydrogen (secondary N) is 1. The first kappa shape index (κ1) is 28.7. The Morgan fingerprint density at radius 1 is 1.19 bits per heavy atom. The van der Waals surface area contributed by atoms with Gasteiger partial charge in [-0.15, -0.1) is 0 Å². The molecule has 3 aromatic rings. The molecule has 200 valence electrons. The van der Waals surface area contributed by atoms with E-state index in [-0.39, 0.29) is 17.6 Å². The van der Waals surface area contributed by atoms with Crippen LogP contribution in [0.5, 0.6) is 0 Å². The Morgan fingerprint density at radius 2 is 1.84 bits per heavy atom. The molecule has 1 aliphatic carbocycles. The highest BCUT2D eigenvalue weighted by atomic mass is 32.2. The van der Waals surface area contributed by atoms with Crippen LogP contribution in [0.15, 0.2) is 40.8 Å². The number of hydrogen-bond donors (Lipinski definition) is 2. The van der Waals surface area contributed by atoms with E-state index in [4.69, 9.17) is 14.1 Å². The van der Waals surface area contributed by atoms with Crippen molar-refractivity contribution in [2.75, 3.05) is 31.3 Å². The largest absolute Gasteiger partial charge is 0.455 e. The van der Waals surface area contributed by atoms with Gasteiger partial charge in [-0.3, -0.25) is 9.10 Å². The third-order valence-electron chi connectivity index (χ3n) is 6.16. The van der Waals surface area contributed by atoms with Crippen molar-refractivity contribution in [1.29, 1.82) is 0 Å². The number of benzene rings is 2. The van der Waals surface area contributed by atoms with Crippen molar-refractivity contribution in [3.8, 4) is 11.3 Å². The minimum Gasteiger partial charge on any atom is -0.455 e. The number of rotatable bonds is 5. The first-order chi connectivity index (χ1) is 17.6. The Labute approximate surface area is 218 Å². The Kier molecular flexibility index (Phi) is 9.38. The second kappa shape index (κ2) is 12.1. The van der Waals surface area contributed by atoms with Crippen molar-refractivity contribution >= 4 is 39.7 Å². The van der Waals surface area contributed by atoms with Gasteiger partial charge in [0.25, 0.3) is 5.91 Å². The number of anilines is 1. The third-order valence-corrected chi connectivity index (χ3v) is 7.35. The van der Waals surface area contributed by atoms with Gasteiger partial charge in [0.05, 0.1) is 17.5 Å². The van der Waals surface area contributed by atoms with Gasteiger partial charge in [0, 0.05) is 37.7 Å². The molecule has 2 aromatic carbocycles. The van der Waals surface area contributed by atoms with Crippen LogP contribution in [-0.2, 0) is 14.7 Å². The van der Waals surface area contributed by atoms with E-state index < -0.39 is 17.1 Å². The van der Waals surface area contributed by atoms with Gasteiger partial charge < -0.3 is 19.4 Å². The number of carbonyl (C=O) groups excluding carboxylic acids is 1. The van der Waals surface area contributed by atoms with Gasteiger partial charge in [0.15, 0.2) is 0 Å². The summed E-state index contributed by atoms with van der Waals surface area (Å²) in [5, 5.41) is 11.7. The Bertz CT molecular complexity index is 1330. The number of nitrogens with zero attached hydrogens (tertiary/aromatic N) is 1. The second-order valence-corrected chi connectivity index (χ2v) is 10.8. The Balaban J connectivity index is 0.000000412. The average molecular weight is 532 g/mol. The standard InChI is InChI=1S/C21H21FN2O4S.C3H7BO2.C2H6/c1-23-21(25)19-16-10-15(12-4-5-12)17(24(2)29(3,26)27)11-18(16)28-20(19)13-6-8-14(22)9-7-13;5-4-2-1-3-6-4;1-2/h6-12H,4-5H2,1-3H3,(H,23,25);5H,1-3H2;1-2H3. The maximum atomic E-state index is 13.4. The lowest BCUT2D eigenvalue weighted by Gasteiger charge is -2.20.